The van der Waals surface area contributed by atoms with Gasteiger partial charge in [-0.3, -0.25) is 5.10 Å². The predicted molar refractivity (Wildman–Crippen MR) is 105 cm³/mol. The number of H-pyrrole nitrogens is 1. The van der Waals surface area contributed by atoms with Crippen molar-refractivity contribution < 1.29 is 4.79 Å². The molecule has 0 bridgehead atoms. The smallest absolute Gasteiger partial charge is 0.314 e. The molecule has 0 atom stereocenters. The summed E-state index contributed by atoms with van der Waals surface area (Å²) in [6.45, 7) is 3.69. The Hall–Kier alpha value is -1.50. The third kappa shape index (κ3) is 13.5. The van der Waals surface area contributed by atoms with Crippen molar-refractivity contribution in [2.75, 3.05) is 18.8 Å². The minimum Gasteiger partial charge on any atom is -0.338 e. The van der Waals surface area contributed by atoms with E-state index in [0.717, 1.165) is 56.1 Å². The SMILES string of the molecule is CCCCCNC(=O)NCCCCC=CCCCCSc1ncn[nH]1. The van der Waals surface area contributed by atoms with Crippen LogP contribution in [0.4, 0.5) is 4.79 Å². The average molecular weight is 368 g/mol. The zero-order chi connectivity index (χ0) is 18.0. The third-order valence-electron chi connectivity index (χ3n) is 3.71. The molecule has 0 unspecified atom stereocenters. The van der Waals surface area contributed by atoms with Crippen LogP contribution in [0.5, 0.6) is 0 Å². The molecule has 0 saturated heterocycles. The number of thioether (sulfide) groups is 1. The predicted octanol–water partition coefficient (Wildman–Crippen LogP) is 4.28. The molecule has 0 aliphatic carbocycles. The van der Waals surface area contributed by atoms with Crippen LogP contribution in [0.25, 0.3) is 0 Å². The number of hydrogen-bond donors (Lipinski definition) is 3. The summed E-state index contributed by atoms with van der Waals surface area (Å²) in [4.78, 5) is 15.6. The van der Waals surface area contributed by atoms with Gasteiger partial charge in [0, 0.05) is 18.8 Å². The van der Waals surface area contributed by atoms with Gasteiger partial charge in [0.1, 0.15) is 6.33 Å². The van der Waals surface area contributed by atoms with Gasteiger partial charge in [0.15, 0.2) is 5.16 Å². The monoisotopic (exact) mass is 367 g/mol. The standard InChI is InChI=1S/C18H33N5OS/c1-2-3-10-13-19-17(24)20-14-11-8-6-4-5-7-9-12-15-25-18-21-16-22-23-18/h4-5,16H,2-3,6-15H2,1H3,(H2,19,20,24)(H,21,22,23). The van der Waals surface area contributed by atoms with Crippen LogP contribution in [0, 0.1) is 0 Å². The van der Waals surface area contributed by atoms with E-state index in [1.165, 1.54) is 25.7 Å². The zero-order valence-electron chi connectivity index (χ0n) is 15.4. The summed E-state index contributed by atoms with van der Waals surface area (Å²) >= 11 is 1.72. The highest BCUT2D eigenvalue weighted by Gasteiger charge is 1.97. The highest BCUT2D eigenvalue weighted by atomic mass is 32.2. The summed E-state index contributed by atoms with van der Waals surface area (Å²) in [6, 6.07) is -0.0326. The van der Waals surface area contributed by atoms with Gasteiger partial charge in [0.25, 0.3) is 0 Å². The Morgan fingerprint density at radius 1 is 1.08 bits per heavy atom. The van der Waals surface area contributed by atoms with Crippen LogP contribution < -0.4 is 10.6 Å². The van der Waals surface area contributed by atoms with Crippen molar-refractivity contribution in [3.8, 4) is 0 Å². The molecule has 142 valence electrons. The molecular formula is C18H33N5OS. The number of carbonyl (C=O) groups is 1. The lowest BCUT2D eigenvalue weighted by molar-refractivity contribution is 0.240. The average Bonchev–Trinajstić information content (AvgIpc) is 3.13. The lowest BCUT2D eigenvalue weighted by Gasteiger charge is -2.06. The number of nitrogens with zero attached hydrogens (tertiary/aromatic N) is 2. The van der Waals surface area contributed by atoms with Crippen molar-refractivity contribution in [3.63, 3.8) is 0 Å². The maximum Gasteiger partial charge on any atom is 0.314 e. The van der Waals surface area contributed by atoms with E-state index < -0.39 is 0 Å². The second-order valence-corrected chi connectivity index (χ2v) is 7.08. The molecule has 0 aromatic carbocycles. The van der Waals surface area contributed by atoms with Gasteiger partial charge in [-0.25, -0.2) is 9.78 Å². The Labute approximate surface area is 156 Å². The van der Waals surface area contributed by atoms with Crippen LogP contribution in [-0.4, -0.2) is 40.1 Å². The van der Waals surface area contributed by atoms with Gasteiger partial charge in [-0.2, -0.15) is 5.10 Å². The lowest BCUT2D eigenvalue weighted by atomic mass is 10.2. The first kappa shape index (κ1) is 21.5. The number of aromatic amines is 1. The molecule has 0 aliphatic rings. The van der Waals surface area contributed by atoms with Gasteiger partial charge in [-0.1, -0.05) is 43.7 Å². The summed E-state index contributed by atoms with van der Waals surface area (Å²) in [5.74, 6) is 1.08. The number of aromatic nitrogens is 3. The number of urea groups is 1. The second kappa shape index (κ2) is 16.0. The van der Waals surface area contributed by atoms with E-state index in [9.17, 15) is 4.79 Å². The zero-order valence-corrected chi connectivity index (χ0v) is 16.2. The van der Waals surface area contributed by atoms with Gasteiger partial charge in [-0.15, -0.1) is 0 Å². The molecule has 0 saturated carbocycles. The number of nitrogens with one attached hydrogen (secondary N) is 3. The highest BCUT2D eigenvalue weighted by Crippen LogP contribution is 2.13. The maximum atomic E-state index is 11.5. The van der Waals surface area contributed by atoms with Crippen molar-refractivity contribution in [3.05, 3.63) is 18.5 Å². The molecule has 6 nitrogen and oxygen atoms in total. The third-order valence-corrected chi connectivity index (χ3v) is 4.68. The fraction of sp³-hybridized carbons (Fsp3) is 0.722. The Morgan fingerprint density at radius 2 is 1.76 bits per heavy atom. The topological polar surface area (TPSA) is 82.7 Å². The Bertz CT molecular complexity index is 450. The Morgan fingerprint density at radius 3 is 2.40 bits per heavy atom. The van der Waals surface area contributed by atoms with Crippen LogP contribution in [0.2, 0.25) is 0 Å². The van der Waals surface area contributed by atoms with Crippen LogP contribution in [0.1, 0.15) is 64.7 Å². The van der Waals surface area contributed by atoms with Crippen LogP contribution in [0.15, 0.2) is 23.6 Å². The summed E-state index contributed by atoms with van der Waals surface area (Å²) in [5.41, 5.74) is 0. The minimum atomic E-state index is -0.0326. The van der Waals surface area contributed by atoms with E-state index in [-0.39, 0.29) is 6.03 Å². The molecule has 7 heteroatoms. The minimum absolute atomic E-state index is 0.0326. The lowest BCUT2D eigenvalue weighted by Crippen LogP contribution is -2.36. The summed E-state index contributed by atoms with van der Waals surface area (Å²) < 4.78 is 0. The fourth-order valence-electron chi connectivity index (χ4n) is 2.26. The van der Waals surface area contributed by atoms with E-state index >= 15 is 0 Å². The van der Waals surface area contributed by atoms with E-state index in [1.54, 1.807) is 18.1 Å². The molecule has 25 heavy (non-hydrogen) atoms. The van der Waals surface area contributed by atoms with Crippen molar-refractivity contribution in [2.24, 2.45) is 0 Å². The first-order chi connectivity index (χ1) is 12.3. The number of rotatable bonds is 15. The van der Waals surface area contributed by atoms with Gasteiger partial charge in [0.05, 0.1) is 0 Å². The van der Waals surface area contributed by atoms with Gasteiger partial charge in [0.2, 0.25) is 0 Å². The van der Waals surface area contributed by atoms with Crippen LogP contribution in [0.3, 0.4) is 0 Å². The molecule has 0 radical (unpaired) electrons. The quantitative estimate of drug-likeness (QED) is 0.245. The molecule has 0 fully saturated rings. The van der Waals surface area contributed by atoms with Gasteiger partial charge < -0.3 is 10.6 Å². The van der Waals surface area contributed by atoms with Crippen LogP contribution in [-0.2, 0) is 0 Å². The molecule has 1 aromatic rings. The normalized spacial score (nSPS) is 11.1. The van der Waals surface area contributed by atoms with E-state index in [0.29, 0.717) is 0 Å². The number of allylic oxidation sites excluding steroid dienone is 2. The Kier molecular flexibility index (Phi) is 13.8. The molecule has 3 N–H and O–H groups in total. The molecule has 0 aliphatic heterocycles. The fourth-order valence-corrected chi connectivity index (χ4v) is 3.04. The largest absolute Gasteiger partial charge is 0.338 e. The number of amides is 2. The summed E-state index contributed by atoms with van der Waals surface area (Å²) in [5, 5.41) is 13.4. The van der Waals surface area contributed by atoms with E-state index in [4.69, 9.17) is 0 Å². The maximum absolute atomic E-state index is 11.5. The van der Waals surface area contributed by atoms with E-state index in [1.807, 2.05) is 0 Å². The highest BCUT2D eigenvalue weighted by molar-refractivity contribution is 7.99. The first-order valence-corrected chi connectivity index (χ1v) is 10.5. The molecule has 2 amide bonds. The van der Waals surface area contributed by atoms with Crippen molar-refractivity contribution in [1.29, 1.82) is 0 Å². The molecule has 1 heterocycles. The molecular weight excluding hydrogens is 334 g/mol. The summed E-state index contributed by atoms with van der Waals surface area (Å²) in [7, 11) is 0. The number of hydrogen-bond acceptors (Lipinski definition) is 4. The Balaban J connectivity index is 1.79. The molecule has 0 spiro atoms. The van der Waals surface area contributed by atoms with Gasteiger partial charge >= 0.3 is 6.03 Å². The van der Waals surface area contributed by atoms with E-state index in [2.05, 4.69) is 44.9 Å². The van der Waals surface area contributed by atoms with Crippen molar-refractivity contribution >= 4 is 17.8 Å². The van der Waals surface area contributed by atoms with Crippen molar-refractivity contribution in [1.82, 2.24) is 25.8 Å². The second-order valence-electron chi connectivity index (χ2n) is 5.99. The van der Waals surface area contributed by atoms with Gasteiger partial charge in [-0.05, 0) is 44.9 Å². The summed E-state index contributed by atoms with van der Waals surface area (Å²) in [6.07, 6.45) is 16.3. The number of carbonyl (C=O) groups excluding carboxylic acids is 1. The van der Waals surface area contributed by atoms with Crippen molar-refractivity contribution in [2.45, 2.75) is 69.9 Å². The van der Waals surface area contributed by atoms with Crippen LogP contribution >= 0.6 is 11.8 Å². The number of unbranched alkanes of at least 4 members (excludes halogenated alkanes) is 6. The first-order valence-electron chi connectivity index (χ1n) is 9.47. The molecule has 1 aromatic heterocycles. The molecule has 1 rings (SSSR count).